The van der Waals surface area contributed by atoms with Gasteiger partial charge in [0.25, 0.3) is 0 Å². The van der Waals surface area contributed by atoms with Gasteiger partial charge in [0.15, 0.2) is 0 Å². The molecule has 0 radical (unpaired) electrons. The van der Waals surface area contributed by atoms with Crippen LogP contribution in [0.3, 0.4) is 0 Å². The lowest BCUT2D eigenvalue weighted by Crippen LogP contribution is -2.45. The molecule has 1 atom stereocenters. The number of nitrogens with two attached hydrogens (primary N) is 2. The van der Waals surface area contributed by atoms with Gasteiger partial charge in [-0.3, -0.25) is 14.6 Å². The maximum absolute atomic E-state index is 12.9. The summed E-state index contributed by atoms with van der Waals surface area (Å²) in [6.07, 6.45) is -6.42. The molecule has 0 saturated heterocycles. The van der Waals surface area contributed by atoms with Crippen molar-refractivity contribution in [2.75, 3.05) is 25.0 Å². The lowest BCUT2D eigenvalue weighted by Gasteiger charge is -2.26. The standard InChI is InChI=1S/C25H31N5O2.2C2HF3O2/c26-14-6-10-22(27)25(32)30(15-12-19-7-2-1-3-8-19)16-13-24(31)29-21-17-20-9-4-5-11-23(20)28-18-21;2*3-2(4,5)1(6)7/h1-5,7-9,11,17-18,22H,6,10,12-16,26-27H2,(H,29,31);2*(H,6,7)/t22-;;/m1../s1. The van der Waals surface area contributed by atoms with E-state index in [1.54, 1.807) is 11.1 Å². The highest BCUT2D eigenvalue weighted by Crippen LogP contribution is 2.17. The van der Waals surface area contributed by atoms with Crippen LogP contribution in [0, 0.1) is 0 Å². The number of aliphatic carboxylic acids is 2. The second-order valence-corrected chi connectivity index (χ2v) is 9.42. The zero-order valence-corrected chi connectivity index (χ0v) is 24.2. The average Bonchev–Trinajstić information content (AvgIpc) is 2.99. The predicted octanol–water partition coefficient (Wildman–Crippen LogP) is 3.97. The van der Waals surface area contributed by atoms with E-state index in [4.69, 9.17) is 31.3 Å². The number of nitrogens with zero attached hydrogens (tertiary/aromatic N) is 2. The third-order valence-electron chi connectivity index (χ3n) is 5.83. The lowest BCUT2D eigenvalue weighted by molar-refractivity contribution is -0.193. The Morgan fingerprint density at radius 3 is 1.96 bits per heavy atom. The maximum Gasteiger partial charge on any atom is 0.490 e. The van der Waals surface area contributed by atoms with Crippen molar-refractivity contribution in [1.82, 2.24) is 9.88 Å². The summed E-state index contributed by atoms with van der Waals surface area (Å²) in [4.78, 5) is 49.3. The lowest BCUT2D eigenvalue weighted by atomic mass is 10.1. The van der Waals surface area contributed by atoms with Crippen LogP contribution < -0.4 is 16.8 Å². The highest BCUT2D eigenvalue weighted by molar-refractivity contribution is 5.93. The van der Waals surface area contributed by atoms with E-state index in [2.05, 4.69) is 10.3 Å². The number of rotatable bonds is 11. The number of alkyl halides is 6. The minimum Gasteiger partial charge on any atom is -0.475 e. The molecule has 11 nitrogen and oxygen atoms in total. The third kappa shape index (κ3) is 15.3. The topological polar surface area (TPSA) is 189 Å². The van der Waals surface area contributed by atoms with E-state index in [0.29, 0.717) is 44.6 Å². The number of anilines is 1. The van der Waals surface area contributed by atoms with Crippen molar-refractivity contribution in [2.45, 2.75) is 44.1 Å². The van der Waals surface area contributed by atoms with Gasteiger partial charge in [-0.15, -0.1) is 0 Å². The van der Waals surface area contributed by atoms with E-state index in [9.17, 15) is 35.9 Å². The van der Waals surface area contributed by atoms with E-state index in [1.165, 1.54) is 0 Å². The van der Waals surface area contributed by atoms with Gasteiger partial charge in [-0.05, 0) is 43.5 Å². The molecular weight excluding hydrogens is 628 g/mol. The molecular formula is C29H33F6N5O6. The van der Waals surface area contributed by atoms with Crippen LogP contribution in [0.15, 0.2) is 66.9 Å². The van der Waals surface area contributed by atoms with Gasteiger partial charge in [-0.1, -0.05) is 48.5 Å². The summed E-state index contributed by atoms with van der Waals surface area (Å²) in [5.74, 6) is -5.83. The second-order valence-electron chi connectivity index (χ2n) is 9.42. The highest BCUT2D eigenvalue weighted by atomic mass is 19.4. The van der Waals surface area contributed by atoms with Crippen LogP contribution in [-0.4, -0.2) is 81.9 Å². The maximum atomic E-state index is 12.9. The zero-order valence-electron chi connectivity index (χ0n) is 24.2. The van der Waals surface area contributed by atoms with Crippen molar-refractivity contribution in [3.8, 4) is 0 Å². The van der Waals surface area contributed by atoms with Crippen LogP contribution in [0.5, 0.6) is 0 Å². The van der Waals surface area contributed by atoms with Gasteiger partial charge in [0.1, 0.15) is 0 Å². The van der Waals surface area contributed by atoms with Crippen molar-refractivity contribution >= 4 is 40.3 Å². The van der Waals surface area contributed by atoms with Gasteiger partial charge >= 0.3 is 24.3 Å². The Bertz CT molecular complexity index is 1400. The molecule has 1 aromatic heterocycles. The summed E-state index contributed by atoms with van der Waals surface area (Å²) in [7, 11) is 0. The summed E-state index contributed by atoms with van der Waals surface area (Å²) in [6.45, 7) is 1.30. The van der Waals surface area contributed by atoms with Crippen molar-refractivity contribution in [3.63, 3.8) is 0 Å². The summed E-state index contributed by atoms with van der Waals surface area (Å²) in [5, 5.41) is 18.1. The first kappa shape index (κ1) is 39.3. The Balaban J connectivity index is 0.000000629. The van der Waals surface area contributed by atoms with Gasteiger partial charge in [-0.25, -0.2) is 9.59 Å². The van der Waals surface area contributed by atoms with Crippen LogP contribution >= 0.6 is 0 Å². The number of carbonyl (C=O) groups excluding carboxylic acids is 2. The molecule has 2 aromatic carbocycles. The summed E-state index contributed by atoms with van der Waals surface area (Å²) >= 11 is 0. The molecule has 3 aromatic rings. The molecule has 0 bridgehead atoms. The Hall–Kier alpha value is -4.77. The highest BCUT2D eigenvalue weighted by Gasteiger charge is 2.38. The van der Waals surface area contributed by atoms with Gasteiger partial charge < -0.3 is 31.9 Å². The summed E-state index contributed by atoms with van der Waals surface area (Å²) < 4.78 is 63.5. The number of fused-ring (bicyclic) bond motifs is 1. The van der Waals surface area contributed by atoms with Crippen molar-refractivity contribution in [1.29, 1.82) is 0 Å². The van der Waals surface area contributed by atoms with E-state index < -0.39 is 30.3 Å². The van der Waals surface area contributed by atoms with Crippen molar-refractivity contribution in [2.24, 2.45) is 11.5 Å². The van der Waals surface area contributed by atoms with Crippen LogP contribution in [0.1, 0.15) is 24.8 Å². The van der Waals surface area contributed by atoms with E-state index in [0.717, 1.165) is 16.5 Å². The van der Waals surface area contributed by atoms with Crippen LogP contribution in [-0.2, 0) is 25.6 Å². The number of benzene rings is 2. The first-order valence-corrected chi connectivity index (χ1v) is 13.5. The first-order chi connectivity index (χ1) is 21.4. The number of halogens is 6. The monoisotopic (exact) mass is 661 g/mol. The van der Waals surface area contributed by atoms with E-state index in [-0.39, 0.29) is 18.2 Å². The molecule has 0 spiro atoms. The molecule has 3 rings (SSSR count). The van der Waals surface area contributed by atoms with Crippen molar-refractivity contribution in [3.05, 3.63) is 72.4 Å². The third-order valence-corrected chi connectivity index (χ3v) is 5.83. The number of hydrogen-bond donors (Lipinski definition) is 5. The molecule has 46 heavy (non-hydrogen) atoms. The minimum absolute atomic E-state index is 0.144. The van der Waals surface area contributed by atoms with E-state index >= 15 is 0 Å². The molecule has 17 heteroatoms. The van der Waals surface area contributed by atoms with Crippen LogP contribution in [0.4, 0.5) is 32.0 Å². The Morgan fingerprint density at radius 1 is 0.870 bits per heavy atom. The quantitative estimate of drug-likeness (QED) is 0.190. The fourth-order valence-electron chi connectivity index (χ4n) is 3.54. The second kappa shape index (κ2) is 18.9. The number of pyridine rings is 1. The Morgan fingerprint density at radius 2 is 1.41 bits per heavy atom. The minimum atomic E-state index is -5.08. The fraction of sp³-hybridized carbons (Fsp3) is 0.345. The number of hydrogen-bond acceptors (Lipinski definition) is 7. The average molecular weight is 662 g/mol. The summed E-state index contributed by atoms with van der Waals surface area (Å²) in [6, 6.07) is 19.0. The number of carboxylic acid groups (broad SMARTS) is 2. The molecule has 0 aliphatic rings. The van der Waals surface area contributed by atoms with Crippen LogP contribution in [0.2, 0.25) is 0 Å². The smallest absolute Gasteiger partial charge is 0.475 e. The largest absolute Gasteiger partial charge is 0.490 e. The van der Waals surface area contributed by atoms with Gasteiger partial charge in [0, 0.05) is 24.9 Å². The molecule has 0 fully saturated rings. The molecule has 2 amide bonds. The van der Waals surface area contributed by atoms with Gasteiger partial charge in [0.05, 0.1) is 23.4 Å². The number of carbonyl (C=O) groups is 4. The normalized spacial score (nSPS) is 11.7. The molecule has 0 unspecified atom stereocenters. The predicted molar refractivity (Wildman–Crippen MR) is 155 cm³/mol. The van der Waals surface area contributed by atoms with Gasteiger partial charge in [-0.2, -0.15) is 26.3 Å². The number of carboxylic acids is 2. The molecule has 7 N–H and O–H groups in total. The van der Waals surface area contributed by atoms with Crippen LogP contribution in [0.25, 0.3) is 10.9 Å². The molecule has 1 heterocycles. The Labute approximate surface area is 259 Å². The number of aromatic nitrogens is 1. The molecule has 0 aliphatic heterocycles. The molecule has 252 valence electrons. The molecule has 0 aliphatic carbocycles. The van der Waals surface area contributed by atoms with E-state index in [1.807, 2.05) is 60.7 Å². The zero-order chi connectivity index (χ0) is 34.9. The van der Waals surface area contributed by atoms with Crippen molar-refractivity contribution < 1.29 is 55.7 Å². The SMILES string of the molecule is NCCC[C@@H](N)C(=O)N(CCC(=O)Nc1cnc2ccccc2c1)CCc1ccccc1.O=C(O)C(F)(F)F.O=C(O)C(F)(F)F. The molecule has 0 saturated carbocycles. The first-order valence-electron chi connectivity index (χ1n) is 13.5. The number of para-hydroxylation sites is 1. The number of nitrogens with one attached hydrogen (secondary N) is 1. The van der Waals surface area contributed by atoms with Gasteiger partial charge in [0.2, 0.25) is 11.8 Å². The Kier molecular flexibility index (Phi) is 16.1. The number of amides is 2. The summed E-state index contributed by atoms with van der Waals surface area (Å²) in [5.41, 5.74) is 14.3. The fourth-order valence-corrected chi connectivity index (χ4v) is 3.54.